The lowest BCUT2D eigenvalue weighted by atomic mass is 9.83. The van der Waals surface area contributed by atoms with Crippen molar-refractivity contribution in [1.29, 1.82) is 0 Å². The van der Waals surface area contributed by atoms with Crippen molar-refractivity contribution in [2.75, 3.05) is 39.9 Å². The van der Waals surface area contributed by atoms with Gasteiger partial charge in [-0.05, 0) is 43.7 Å². The van der Waals surface area contributed by atoms with Crippen LogP contribution in [0.4, 0.5) is 0 Å². The largest absolute Gasteiger partial charge is 0.381 e. The maximum Gasteiger partial charge on any atom is 0.193 e. The zero-order valence-electron chi connectivity index (χ0n) is 15.1. The minimum Gasteiger partial charge on any atom is -0.381 e. The summed E-state index contributed by atoms with van der Waals surface area (Å²) in [6.07, 6.45) is 4.92. The molecular formula is C20H31N3O. The molecule has 1 N–H and O–H groups in total. The molecule has 0 radical (unpaired) electrons. The second kappa shape index (κ2) is 8.52. The molecule has 4 nitrogen and oxygen atoms in total. The number of aliphatic imine (C=N–C) groups is 1. The van der Waals surface area contributed by atoms with Crippen molar-refractivity contribution < 1.29 is 4.74 Å². The fourth-order valence-corrected chi connectivity index (χ4v) is 3.91. The van der Waals surface area contributed by atoms with Gasteiger partial charge in [-0.25, -0.2) is 0 Å². The van der Waals surface area contributed by atoms with Crippen molar-refractivity contribution in [1.82, 2.24) is 10.2 Å². The van der Waals surface area contributed by atoms with Gasteiger partial charge in [0.2, 0.25) is 0 Å². The van der Waals surface area contributed by atoms with E-state index in [9.17, 15) is 0 Å². The van der Waals surface area contributed by atoms with Crippen molar-refractivity contribution in [3.05, 3.63) is 35.4 Å². The van der Waals surface area contributed by atoms with E-state index in [1.54, 1.807) is 0 Å². The van der Waals surface area contributed by atoms with Crippen molar-refractivity contribution in [3.63, 3.8) is 0 Å². The van der Waals surface area contributed by atoms with Gasteiger partial charge in [-0.15, -0.1) is 0 Å². The number of rotatable bonds is 5. The topological polar surface area (TPSA) is 36.9 Å². The summed E-state index contributed by atoms with van der Waals surface area (Å²) in [5.74, 6) is 2.23. The Labute approximate surface area is 146 Å². The first kappa shape index (κ1) is 17.3. The molecule has 0 bridgehead atoms. The molecule has 0 amide bonds. The van der Waals surface area contributed by atoms with E-state index >= 15 is 0 Å². The third kappa shape index (κ3) is 4.29. The number of ether oxygens (including phenoxy) is 1. The average molecular weight is 329 g/mol. The molecule has 0 aromatic heterocycles. The lowest BCUT2D eigenvalue weighted by Crippen LogP contribution is -2.41. The highest BCUT2D eigenvalue weighted by Crippen LogP contribution is 2.31. The van der Waals surface area contributed by atoms with Gasteiger partial charge in [-0.3, -0.25) is 4.99 Å². The summed E-state index contributed by atoms with van der Waals surface area (Å²) in [4.78, 5) is 7.24. The smallest absolute Gasteiger partial charge is 0.193 e. The Kier molecular flexibility index (Phi) is 6.13. The number of nitrogens with one attached hydrogen (secondary N) is 1. The average Bonchev–Trinajstić information content (AvgIpc) is 3.11. The number of hydrogen-bond acceptors (Lipinski definition) is 2. The molecule has 2 aliphatic rings. The van der Waals surface area contributed by atoms with Crippen LogP contribution in [0.2, 0.25) is 0 Å². The quantitative estimate of drug-likeness (QED) is 0.666. The summed E-state index contributed by atoms with van der Waals surface area (Å²) >= 11 is 0. The highest BCUT2D eigenvalue weighted by Gasteiger charge is 2.21. The van der Waals surface area contributed by atoms with Gasteiger partial charge in [0.1, 0.15) is 0 Å². The lowest BCUT2D eigenvalue weighted by molar-refractivity contribution is 0.181. The van der Waals surface area contributed by atoms with Crippen molar-refractivity contribution in [2.24, 2.45) is 10.9 Å². The number of hydrogen-bond donors (Lipinski definition) is 1. The van der Waals surface area contributed by atoms with Gasteiger partial charge in [0.05, 0.1) is 6.61 Å². The number of fused-ring (bicyclic) bond motifs is 1. The van der Waals surface area contributed by atoms with E-state index in [0.717, 1.165) is 38.8 Å². The first-order valence-corrected chi connectivity index (χ1v) is 9.43. The van der Waals surface area contributed by atoms with Crippen LogP contribution < -0.4 is 5.32 Å². The van der Waals surface area contributed by atoms with E-state index in [-0.39, 0.29) is 0 Å². The maximum atomic E-state index is 5.50. The van der Waals surface area contributed by atoms with Gasteiger partial charge in [-0.1, -0.05) is 24.3 Å². The van der Waals surface area contributed by atoms with Crippen LogP contribution in [0.5, 0.6) is 0 Å². The molecule has 1 saturated heterocycles. The third-order valence-corrected chi connectivity index (χ3v) is 5.21. The summed E-state index contributed by atoms with van der Waals surface area (Å²) < 4.78 is 5.50. The second-order valence-corrected chi connectivity index (χ2v) is 7.09. The second-order valence-electron chi connectivity index (χ2n) is 7.09. The van der Waals surface area contributed by atoms with E-state index in [2.05, 4.69) is 48.5 Å². The van der Waals surface area contributed by atoms with Crippen LogP contribution in [-0.4, -0.2) is 50.8 Å². The summed E-state index contributed by atoms with van der Waals surface area (Å²) in [7, 11) is 2.15. The van der Waals surface area contributed by atoms with Crippen LogP contribution in [0.1, 0.15) is 43.2 Å². The molecule has 3 rings (SSSR count). The van der Waals surface area contributed by atoms with E-state index in [0.29, 0.717) is 11.8 Å². The molecule has 24 heavy (non-hydrogen) atoms. The summed E-state index contributed by atoms with van der Waals surface area (Å²) in [5.41, 5.74) is 3.03. The van der Waals surface area contributed by atoms with Crippen molar-refractivity contribution >= 4 is 5.96 Å². The highest BCUT2D eigenvalue weighted by atomic mass is 16.5. The molecule has 1 fully saturated rings. The van der Waals surface area contributed by atoms with E-state index in [4.69, 9.17) is 9.73 Å². The molecule has 132 valence electrons. The van der Waals surface area contributed by atoms with Gasteiger partial charge in [-0.2, -0.15) is 0 Å². The predicted octanol–water partition coefficient (Wildman–Crippen LogP) is 3.04. The third-order valence-electron chi connectivity index (χ3n) is 5.21. The van der Waals surface area contributed by atoms with Gasteiger partial charge in [0, 0.05) is 45.1 Å². The Morgan fingerprint density at radius 3 is 3.00 bits per heavy atom. The van der Waals surface area contributed by atoms with Gasteiger partial charge in [0.25, 0.3) is 0 Å². The minimum absolute atomic E-state index is 0.562. The Hall–Kier alpha value is -1.55. The molecular weight excluding hydrogens is 298 g/mol. The zero-order chi connectivity index (χ0) is 16.8. The first-order chi connectivity index (χ1) is 11.8. The summed E-state index contributed by atoms with van der Waals surface area (Å²) in [5, 5.41) is 3.45. The number of benzene rings is 1. The summed E-state index contributed by atoms with van der Waals surface area (Å²) in [6.45, 7) is 6.74. The van der Waals surface area contributed by atoms with Gasteiger partial charge >= 0.3 is 0 Å². The molecule has 2 unspecified atom stereocenters. The van der Waals surface area contributed by atoms with Crippen LogP contribution in [0, 0.1) is 5.92 Å². The van der Waals surface area contributed by atoms with Crippen LogP contribution >= 0.6 is 0 Å². The molecule has 1 aliphatic carbocycles. The fourth-order valence-electron chi connectivity index (χ4n) is 3.91. The van der Waals surface area contributed by atoms with Crippen molar-refractivity contribution in [3.8, 4) is 0 Å². The minimum atomic E-state index is 0.562. The molecule has 0 spiro atoms. The van der Waals surface area contributed by atoms with Crippen LogP contribution in [0.3, 0.4) is 0 Å². The molecule has 4 heteroatoms. The predicted molar refractivity (Wildman–Crippen MR) is 99.7 cm³/mol. The van der Waals surface area contributed by atoms with Crippen LogP contribution in [0.25, 0.3) is 0 Å². The van der Waals surface area contributed by atoms with E-state index in [1.807, 2.05) is 0 Å². The SMILES string of the molecule is CCNC(=NCC1CCCc2ccccc21)N(C)CC1CCOC1. The van der Waals surface area contributed by atoms with Gasteiger partial charge < -0.3 is 15.0 Å². The van der Waals surface area contributed by atoms with Gasteiger partial charge in [0.15, 0.2) is 5.96 Å². The molecule has 1 aromatic carbocycles. The number of guanidine groups is 1. The first-order valence-electron chi connectivity index (χ1n) is 9.43. The molecule has 1 heterocycles. The Balaban J connectivity index is 1.65. The molecule has 0 saturated carbocycles. The van der Waals surface area contributed by atoms with E-state index in [1.165, 1.54) is 36.8 Å². The Morgan fingerprint density at radius 1 is 1.33 bits per heavy atom. The Bertz CT molecular complexity index is 552. The van der Waals surface area contributed by atoms with Crippen LogP contribution in [0.15, 0.2) is 29.3 Å². The fraction of sp³-hybridized carbons (Fsp3) is 0.650. The number of nitrogens with zero attached hydrogens (tertiary/aromatic N) is 2. The standard InChI is InChI=1S/C20H31N3O/c1-3-21-20(23(2)14-16-11-12-24-15-16)22-13-18-9-6-8-17-7-4-5-10-19(17)18/h4-5,7,10,16,18H,3,6,8-9,11-15H2,1-2H3,(H,21,22). The maximum absolute atomic E-state index is 5.50. The van der Waals surface area contributed by atoms with E-state index < -0.39 is 0 Å². The van der Waals surface area contributed by atoms with Crippen LogP contribution in [-0.2, 0) is 11.2 Å². The normalized spacial score (nSPS) is 23.8. The molecule has 2 atom stereocenters. The zero-order valence-corrected chi connectivity index (χ0v) is 15.1. The monoisotopic (exact) mass is 329 g/mol. The molecule has 1 aromatic rings. The highest BCUT2D eigenvalue weighted by molar-refractivity contribution is 5.79. The summed E-state index contributed by atoms with van der Waals surface area (Å²) in [6, 6.07) is 8.90. The number of aryl methyl sites for hydroxylation is 1. The lowest BCUT2D eigenvalue weighted by Gasteiger charge is -2.27. The Morgan fingerprint density at radius 2 is 2.21 bits per heavy atom. The van der Waals surface area contributed by atoms with Crippen molar-refractivity contribution in [2.45, 2.75) is 38.5 Å². The molecule has 1 aliphatic heterocycles.